The molecule has 0 radical (unpaired) electrons. The molecular formula is C7H13O7P. The Balaban J connectivity index is 3.58. The molecule has 0 aliphatic rings. The van der Waals surface area contributed by atoms with Gasteiger partial charge < -0.3 is 0 Å². The molecule has 0 saturated carbocycles. The van der Waals surface area contributed by atoms with Gasteiger partial charge in [0.05, 0.1) is 6.61 Å². The van der Waals surface area contributed by atoms with Gasteiger partial charge in [0, 0.05) is 20.3 Å². The van der Waals surface area contributed by atoms with Crippen LogP contribution in [0, 0.1) is 0 Å². The third-order valence-corrected chi connectivity index (χ3v) is 2.56. The molecule has 0 aromatic heterocycles. The van der Waals surface area contributed by atoms with Gasteiger partial charge in [0.15, 0.2) is 0 Å². The molecule has 0 bridgehead atoms. The molecule has 0 aliphatic carbocycles. The van der Waals surface area contributed by atoms with E-state index in [9.17, 15) is 9.36 Å². The van der Waals surface area contributed by atoms with Gasteiger partial charge in [-0.1, -0.05) is 6.58 Å². The fraction of sp³-hybridized carbons (Fsp3) is 0.571. The van der Waals surface area contributed by atoms with E-state index in [4.69, 9.17) is 4.52 Å². The molecule has 0 fully saturated rings. The van der Waals surface area contributed by atoms with E-state index >= 15 is 0 Å². The second kappa shape index (κ2) is 7.56. The van der Waals surface area contributed by atoms with Crippen molar-refractivity contribution in [3.63, 3.8) is 0 Å². The molecule has 0 unspecified atom stereocenters. The van der Waals surface area contributed by atoms with E-state index in [1.165, 1.54) is 14.2 Å². The molecule has 15 heavy (non-hydrogen) atoms. The molecule has 0 aliphatic heterocycles. The third-order valence-electron chi connectivity index (χ3n) is 1.17. The summed E-state index contributed by atoms with van der Waals surface area (Å²) in [7, 11) is -1.13. The van der Waals surface area contributed by atoms with Crippen LogP contribution < -0.4 is 0 Å². The standard InChI is InChI=1S/C7H13O7P/c1-4-7(8)14-12-5-6-13-15(9,10-2)11-3/h4H,1,5-6H2,2-3H3. The molecule has 0 N–H and O–H groups in total. The number of phosphoric ester groups is 1. The predicted molar refractivity (Wildman–Crippen MR) is 49.8 cm³/mol. The largest absolute Gasteiger partial charge is 0.474 e. The van der Waals surface area contributed by atoms with Gasteiger partial charge in [0.1, 0.15) is 6.61 Å². The molecule has 0 saturated heterocycles. The second-order valence-corrected chi connectivity index (χ2v) is 3.96. The van der Waals surface area contributed by atoms with Crippen molar-refractivity contribution in [1.82, 2.24) is 0 Å². The maximum absolute atomic E-state index is 11.3. The maximum Gasteiger partial charge on any atom is 0.474 e. The lowest BCUT2D eigenvalue weighted by atomic mass is 10.7. The smallest absolute Gasteiger partial charge is 0.293 e. The fourth-order valence-electron chi connectivity index (χ4n) is 0.497. The summed E-state index contributed by atoms with van der Waals surface area (Å²) < 4.78 is 24.9. The Bertz CT molecular complexity index is 244. The Labute approximate surface area is 87.4 Å². The fourth-order valence-corrected chi connectivity index (χ4v) is 1.15. The van der Waals surface area contributed by atoms with Crippen molar-refractivity contribution in [1.29, 1.82) is 0 Å². The number of hydrogen-bond acceptors (Lipinski definition) is 7. The van der Waals surface area contributed by atoms with E-state index in [0.717, 1.165) is 6.08 Å². The zero-order chi connectivity index (χ0) is 11.7. The van der Waals surface area contributed by atoms with Gasteiger partial charge in [-0.15, -0.1) is 0 Å². The van der Waals surface area contributed by atoms with Crippen LogP contribution in [0.4, 0.5) is 0 Å². The number of carbonyl (C=O) groups is 1. The van der Waals surface area contributed by atoms with E-state index < -0.39 is 13.8 Å². The summed E-state index contributed by atoms with van der Waals surface area (Å²) in [5.41, 5.74) is 0. The first-order valence-electron chi connectivity index (χ1n) is 3.90. The van der Waals surface area contributed by atoms with Crippen LogP contribution in [0.2, 0.25) is 0 Å². The van der Waals surface area contributed by atoms with Crippen molar-refractivity contribution in [2.24, 2.45) is 0 Å². The van der Waals surface area contributed by atoms with E-state index in [-0.39, 0.29) is 13.2 Å². The molecule has 88 valence electrons. The number of phosphoric acid groups is 1. The quantitative estimate of drug-likeness (QED) is 0.206. The highest BCUT2D eigenvalue weighted by Crippen LogP contribution is 2.47. The minimum absolute atomic E-state index is 0.101. The zero-order valence-electron chi connectivity index (χ0n) is 8.50. The van der Waals surface area contributed by atoms with Gasteiger partial charge in [0.25, 0.3) is 0 Å². The highest BCUT2D eigenvalue weighted by atomic mass is 31.2. The van der Waals surface area contributed by atoms with E-state index in [1.54, 1.807) is 0 Å². The van der Waals surface area contributed by atoms with Crippen LogP contribution in [0.5, 0.6) is 0 Å². The van der Waals surface area contributed by atoms with Crippen LogP contribution in [0.25, 0.3) is 0 Å². The summed E-state index contributed by atoms with van der Waals surface area (Å²) >= 11 is 0. The predicted octanol–water partition coefficient (Wildman–Crippen LogP) is 1.06. The van der Waals surface area contributed by atoms with Crippen LogP contribution in [-0.4, -0.2) is 33.4 Å². The van der Waals surface area contributed by atoms with Gasteiger partial charge in [-0.3, -0.25) is 18.5 Å². The molecule has 0 rings (SSSR count). The first kappa shape index (κ1) is 14.3. The topological polar surface area (TPSA) is 80.3 Å². The maximum atomic E-state index is 11.3. The molecule has 7 nitrogen and oxygen atoms in total. The van der Waals surface area contributed by atoms with Crippen molar-refractivity contribution in [3.05, 3.63) is 12.7 Å². The minimum Gasteiger partial charge on any atom is -0.293 e. The average Bonchev–Trinajstić information content (AvgIpc) is 2.27. The molecule has 0 amide bonds. The summed E-state index contributed by atoms with van der Waals surface area (Å²) in [5, 5.41) is 0. The molecule has 0 atom stereocenters. The van der Waals surface area contributed by atoms with Crippen molar-refractivity contribution >= 4 is 13.8 Å². The van der Waals surface area contributed by atoms with Gasteiger partial charge in [-0.25, -0.2) is 9.36 Å². The molecule has 0 aromatic carbocycles. The lowest BCUT2D eigenvalue weighted by Crippen LogP contribution is -2.08. The Morgan fingerprint density at radius 2 is 1.93 bits per heavy atom. The minimum atomic E-state index is -3.49. The van der Waals surface area contributed by atoms with Crippen LogP contribution >= 0.6 is 7.82 Å². The normalized spacial score (nSPS) is 11.1. The monoisotopic (exact) mass is 240 g/mol. The van der Waals surface area contributed by atoms with Gasteiger partial charge in [-0.2, -0.15) is 4.89 Å². The van der Waals surface area contributed by atoms with Crippen LogP contribution in [0.15, 0.2) is 12.7 Å². The van der Waals surface area contributed by atoms with Crippen molar-refractivity contribution < 1.29 is 32.7 Å². The molecule has 8 heteroatoms. The van der Waals surface area contributed by atoms with Crippen molar-refractivity contribution in [3.8, 4) is 0 Å². The van der Waals surface area contributed by atoms with E-state index in [1.807, 2.05) is 0 Å². The van der Waals surface area contributed by atoms with Crippen LogP contribution in [0.3, 0.4) is 0 Å². The average molecular weight is 240 g/mol. The van der Waals surface area contributed by atoms with Crippen molar-refractivity contribution in [2.45, 2.75) is 0 Å². The molecule has 0 spiro atoms. The lowest BCUT2D eigenvalue weighted by molar-refractivity contribution is -0.269. The number of hydrogen-bond donors (Lipinski definition) is 0. The summed E-state index contributed by atoms with van der Waals surface area (Å²) in [6.45, 7) is 2.95. The molecule has 0 aromatic rings. The summed E-state index contributed by atoms with van der Waals surface area (Å²) in [6, 6.07) is 0. The SMILES string of the molecule is C=CC(=O)OOCCOP(=O)(OC)OC. The summed E-state index contributed by atoms with van der Waals surface area (Å²) in [4.78, 5) is 19.0. The van der Waals surface area contributed by atoms with Crippen LogP contribution in [0.1, 0.15) is 0 Å². The third kappa shape index (κ3) is 6.38. The van der Waals surface area contributed by atoms with Crippen LogP contribution in [-0.2, 0) is 32.7 Å². The number of carbonyl (C=O) groups excluding carboxylic acids is 1. The van der Waals surface area contributed by atoms with Gasteiger partial charge in [0.2, 0.25) is 0 Å². The first-order valence-corrected chi connectivity index (χ1v) is 5.36. The van der Waals surface area contributed by atoms with Gasteiger partial charge in [-0.05, 0) is 0 Å². The van der Waals surface area contributed by atoms with E-state index in [2.05, 4.69) is 25.4 Å². The van der Waals surface area contributed by atoms with Gasteiger partial charge >= 0.3 is 13.8 Å². The zero-order valence-corrected chi connectivity index (χ0v) is 9.40. The van der Waals surface area contributed by atoms with Crippen molar-refractivity contribution in [2.75, 3.05) is 27.4 Å². The second-order valence-electron chi connectivity index (χ2n) is 2.07. The first-order chi connectivity index (χ1) is 7.08. The molecule has 0 heterocycles. The summed E-state index contributed by atoms with van der Waals surface area (Å²) in [5.74, 6) is -0.725. The number of rotatable bonds is 8. The Kier molecular flexibility index (Phi) is 7.19. The Morgan fingerprint density at radius 3 is 2.40 bits per heavy atom. The lowest BCUT2D eigenvalue weighted by Gasteiger charge is -2.12. The van der Waals surface area contributed by atoms with E-state index in [0.29, 0.717) is 0 Å². The molecular weight excluding hydrogens is 227 g/mol. The Hall–Kier alpha value is -0.720. The summed E-state index contributed by atoms with van der Waals surface area (Å²) in [6.07, 6.45) is 0.941. The highest BCUT2D eigenvalue weighted by Gasteiger charge is 2.22. The Morgan fingerprint density at radius 1 is 1.33 bits per heavy atom. The highest BCUT2D eigenvalue weighted by molar-refractivity contribution is 7.48.